The van der Waals surface area contributed by atoms with Gasteiger partial charge in [-0.3, -0.25) is 4.79 Å². The standard InChI is InChI=1S/C19H31N5O3S/c1-3-4-11-19(20-21-19)12-10-18(25)23-13-15-24(16-14-23)28(26,27)22(2)17-8-6-5-7-9-17/h1,17H,4-16H2,2H3. The summed E-state index contributed by atoms with van der Waals surface area (Å²) in [6, 6.07) is 0.101. The Labute approximate surface area is 168 Å². The number of hydrogen-bond donors (Lipinski definition) is 0. The van der Waals surface area contributed by atoms with E-state index in [2.05, 4.69) is 16.1 Å². The van der Waals surface area contributed by atoms with Gasteiger partial charge in [0.15, 0.2) is 5.66 Å². The van der Waals surface area contributed by atoms with Crippen LogP contribution in [-0.4, -0.2) is 72.8 Å². The van der Waals surface area contributed by atoms with Crippen LogP contribution >= 0.6 is 0 Å². The van der Waals surface area contributed by atoms with E-state index in [0.29, 0.717) is 51.9 Å². The number of rotatable bonds is 8. The van der Waals surface area contributed by atoms with Crippen molar-refractivity contribution in [3.63, 3.8) is 0 Å². The summed E-state index contributed by atoms with van der Waals surface area (Å²) in [4.78, 5) is 14.3. The maximum atomic E-state index is 12.9. The lowest BCUT2D eigenvalue weighted by molar-refractivity contribution is -0.132. The van der Waals surface area contributed by atoms with Crippen LogP contribution in [0.25, 0.3) is 0 Å². The van der Waals surface area contributed by atoms with Crippen LogP contribution in [0.4, 0.5) is 0 Å². The molecule has 1 saturated carbocycles. The molecule has 28 heavy (non-hydrogen) atoms. The van der Waals surface area contributed by atoms with Crippen molar-refractivity contribution in [3.8, 4) is 12.3 Å². The van der Waals surface area contributed by atoms with Gasteiger partial charge in [0.2, 0.25) is 5.91 Å². The topological polar surface area (TPSA) is 85.7 Å². The van der Waals surface area contributed by atoms with Gasteiger partial charge in [0.25, 0.3) is 10.2 Å². The molecule has 3 rings (SSSR count). The average molecular weight is 410 g/mol. The molecule has 0 radical (unpaired) electrons. The number of hydrogen-bond acceptors (Lipinski definition) is 5. The van der Waals surface area contributed by atoms with E-state index in [4.69, 9.17) is 6.42 Å². The van der Waals surface area contributed by atoms with Crippen LogP contribution in [-0.2, 0) is 15.0 Å². The lowest BCUT2D eigenvalue weighted by atomic mass is 9.96. The Balaban J connectivity index is 1.45. The molecule has 2 aliphatic heterocycles. The molecular weight excluding hydrogens is 378 g/mol. The van der Waals surface area contributed by atoms with Crippen LogP contribution < -0.4 is 0 Å². The van der Waals surface area contributed by atoms with E-state index in [9.17, 15) is 13.2 Å². The maximum Gasteiger partial charge on any atom is 0.282 e. The van der Waals surface area contributed by atoms with E-state index in [0.717, 1.165) is 25.7 Å². The van der Waals surface area contributed by atoms with Gasteiger partial charge in [-0.05, 0) is 12.8 Å². The zero-order chi connectivity index (χ0) is 20.2. The van der Waals surface area contributed by atoms with Crippen molar-refractivity contribution < 1.29 is 13.2 Å². The summed E-state index contributed by atoms with van der Waals surface area (Å²) in [6.45, 7) is 1.56. The number of amides is 1. The van der Waals surface area contributed by atoms with Crippen LogP contribution in [0.3, 0.4) is 0 Å². The minimum Gasteiger partial charge on any atom is -0.340 e. The van der Waals surface area contributed by atoms with Crippen molar-refractivity contribution in [2.45, 2.75) is 69.5 Å². The molecule has 1 aliphatic carbocycles. The van der Waals surface area contributed by atoms with Crippen molar-refractivity contribution in [3.05, 3.63) is 0 Å². The van der Waals surface area contributed by atoms with Crippen LogP contribution in [0.15, 0.2) is 10.2 Å². The second kappa shape index (κ2) is 8.89. The molecule has 0 bridgehead atoms. The first-order valence-corrected chi connectivity index (χ1v) is 11.7. The highest BCUT2D eigenvalue weighted by molar-refractivity contribution is 7.86. The molecule has 2 fully saturated rings. The van der Waals surface area contributed by atoms with Crippen LogP contribution in [0, 0.1) is 12.3 Å². The second-order valence-corrected chi connectivity index (χ2v) is 9.97. The zero-order valence-corrected chi connectivity index (χ0v) is 17.5. The van der Waals surface area contributed by atoms with E-state index >= 15 is 0 Å². The molecule has 1 amide bonds. The fourth-order valence-corrected chi connectivity index (χ4v) is 5.69. The van der Waals surface area contributed by atoms with E-state index in [1.165, 1.54) is 10.7 Å². The molecule has 0 spiro atoms. The van der Waals surface area contributed by atoms with Crippen molar-refractivity contribution in [2.24, 2.45) is 10.2 Å². The first-order chi connectivity index (χ1) is 13.4. The molecule has 156 valence electrons. The summed E-state index contributed by atoms with van der Waals surface area (Å²) in [5.41, 5.74) is -0.449. The second-order valence-electron chi connectivity index (χ2n) is 7.98. The molecule has 0 N–H and O–H groups in total. The predicted octanol–water partition coefficient (Wildman–Crippen LogP) is 2.00. The van der Waals surface area contributed by atoms with Gasteiger partial charge in [0, 0.05) is 65.0 Å². The molecule has 9 heteroatoms. The highest BCUT2D eigenvalue weighted by Gasteiger charge is 2.40. The third-order valence-electron chi connectivity index (χ3n) is 6.16. The number of carbonyl (C=O) groups excluding carboxylic acids is 1. The summed E-state index contributed by atoms with van der Waals surface area (Å²) in [7, 11) is -1.77. The van der Waals surface area contributed by atoms with Gasteiger partial charge in [-0.25, -0.2) is 0 Å². The summed E-state index contributed by atoms with van der Waals surface area (Å²) in [5, 5.41) is 8.12. The Bertz CT molecular complexity index is 725. The third kappa shape index (κ3) is 4.91. The van der Waals surface area contributed by atoms with E-state index in [-0.39, 0.29) is 11.9 Å². The number of carbonyl (C=O) groups is 1. The summed E-state index contributed by atoms with van der Waals surface area (Å²) >= 11 is 0. The van der Waals surface area contributed by atoms with Crippen molar-refractivity contribution in [1.82, 2.24) is 13.5 Å². The zero-order valence-electron chi connectivity index (χ0n) is 16.7. The molecular formula is C19H31N5O3S. The number of terminal acetylenes is 1. The largest absolute Gasteiger partial charge is 0.340 e. The maximum absolute atomic E-state index is 12.9. The van der Waals surface area contributed by atoms with Gasteiger partial charge >= 0.3 is 0 Å². The third-order valence-corrected chi connectivity index (χ3v) is 8.21. The lowest BCUT2D eigenvalue weighted by Gasteiger charge is -2.38. The fraction of sp³-hybridized carbons (Fsp3) is 0.842. The van der Waals surface area contributed by atoms with Gasteiger partial charge in [0.1, 0.15) is 0 Å². The van der Waals surface area contributed by atoms with Crippen molar-refractivity contribution in [2.75, 3.05) is 33.2 Å². The van der Waals surface area contributed by atoms with Crippen LogP contribution in [0.5, 0.6) is 0 Å². The Kier molecular flexibility index (Phi) is 6.73. The van der Waals surface area contributed by atoms with Crippen molar-refractivity contribution in [1.29, 1.82) is 0 Å². The van der Waals surface area contributed by atoms with Gasteiger partial charge in [0.05, 0.1) is 0 Å². The van der Waals surface area contributed by atoms with Gasteiger partial charge in [-0.2, -0.15) is 27.3 Å². The van der Waals surface area contributed by atoms with E-state index < -0.39 is 15.9 Å². The molecule has 0 aromatic heterocycles. The smallest absolute Gasteiger partial charge is 0.282 e. The van der Waals surface area contributed by atoms with E-state index in [1.807, 2.05) is 0 Å². The number of piperazine rings is 1. The monoisotopic (exact) mass is 409 g/mol. The Morgan fingerprint density at radius 3 is 2.36 bits per heavy atom. The number of nitrogens with zero attached hydrogens (tertiary/aromatic N) is 5. The van der Waals surface area contributed by atoms with Gasteiger partial charge < -0.3 is 4.90 Å². The first kappa shape index (κ1) is 21.2. The minimum atomic E-state index is -3.47. The van der Waals surface area contributed by atoms with E-state index in [1.54, 1.807) is 16.3 Å². The van der Waals surface area contributed by atoms with Gasteiger partial charge in [-0.1, -0.05) is 19.3 Å². The molecule has 1 saturated heterocycles. The molecule has 0 aromatic carbocycles. The van der Waals surface area contributed by atoms with Crippen LogP contribution in [0.2, 0.25) is 0 Å². The normalized spacial score (nSPS) is 23.0. The highest BCUT2D eigenvalue weighted by atomic mass is 32.2. The Morgan fingerprint density at radius 2 is 1.79 bits per heavy atom. The Hall–Kier alpha value is -1.50. The summed E-state index contributed by atoms with van der Waals surface area (Å²) in [5.74, 6) is 2.62. The van der Waals surface area contributed by atoms with Gasteiger partial charge in [-0.15, -0.1) is 12.3 Å². The minimum absolute atomic E-state index is 0.0371. The average Bonchev–Trinajstić information content (AvgIpc) is 3.51. The molecule has 0 aromatic rings. The highest BCUT2D eigenvalue weighted by Crippen LogP contribution is 2.37. The lowest BCUT2D eigenvalue weighted by Crippen LogP contribution is -2.55. The Morgan fingerprint density at radius 1 is 1.14 bits per heavy atom. The summed E-state index contributed by atoms with van der Waals surface area (Å²) in [6.07, 6.45) is 12.8. The summed E-state index contributed by atoms with van der Waals surface area (Å²) < 4.78 is 28.9. The molecule has 8 nitrogen and oxygen atoms in total. The molecule has 3 aliphatic rings. The van der Waals surface area contributed by atoms with Crippen LogP contribution in [0.1, 0.15) is 57.8 Å². The quantitative estimate of drug-likeness (QED) is 0.575. The SMILES string of the molecule is C#CCCC1(CCC(=O)N2CCN(S(=O)(=O)N(C)C3CCCCC3)CC2)N=N1. The molecule has 0 atom stereocenters. The fourth-order valence-electron chi connectivity index (χ4n) is 4.12. The molecule has 0 unspecified atom stereocenters. The first-order valence-electron chi connectivity index (χ1n) is 10.3. The predicted molar refractivity (Wildman–Crippen MR) is 107 cm³/mol. The van der Waals surface area contributed by atoms with Crippen molar-refractivity contribution >= 4 is 16.1 Å². The molecule has 2 heterocycles.